The topological polar surface area (TPSA) is 92.7 Å². The largest absolute Gasteiger partial charge is 0.480 e. The Hall–Kier alpha value is -2.44. The van der Waals surface area contributed by atoms with Crippen LogP contribution in [-0.4, -0.2) is 34.6 Å². The third-order valence-corrected chi connectivity index (χ3v) is 2.82. The summed E-state index contributed by atoms with van der Waals surface area (Å²) in [6.07, 6.45) is -1.05. The van der Waals surface area contributed by atoms with Crippen LogP contribution in [0.2, 0.25) is 0 Å². The summed E-state index contributed by atoms with van der Waals surface area (Å²) in [5, 5.41) is 11.3. The summed E-state index contributed by atoms with van der Waals surface area (Å²) in [5.74, 6) is -2.05. The van der Waals surface area contributed by atoms with Crippen LogP contribution in [0.3, 0.4) is 0 Å². The van der Waals surface area contributed by atoms with Gasteiger partial charge in [-0.05, 0) is 51.5 Å². The van der Waals surface area contributed by atoms with E-state index in [0.29, 0.717) is 0 Å². The summed E-state index contributed by atoms with van der Waals surface area (Å²) >= 11 is 0. The van der Waals surface area contributed by atoms with Crippen LogP contribution in [0.5, 0.6) is 0 Å². The van der Waals surface area contributed by atoms with Gasteiger partial charge < -0.3 is 15.2 Å². The van der Waals surface area contributed by atoms with E-state index in [0.717, 1.165) is 12.1 Å². The Morgan fingerprint density at radius 3 is 2.26 bits per heavy atom. The maximum Gasteiger partial charge on any atom is 0.408 e. The molecule has 126 valence electrons. The van der Waals surface area contributed by atoms with Crippen molar-refractivity contribution in [2.45, 2.75) is 45.3 Å². The number of hydrogen-bond acceptors (Lipinski definition) is 4. The van der Waals surface area contributed by atoms with E-state index in [1.165, 1.54) is 12.1 Å². The monoisotopic (exact) mass is 325 g/mol. The molecule has 1 rings (SSSR count). The van der Waals surface area contributed by atoms with Crippen molar-refractivity contribution in [3.63, 3.8) is 0 Å². The second kappa shape index (κ2) is 7.71. The first-order valence-electron chi connectivity index (χ1n) is 7.09. The number of benzene rings is 1. The van der Waals surface area contributed by atoms with Crippen molar-refractivity contribution in [1.29, 1.82) is 0 Å². The number of hydrogen-bond donors (Lipinski definition) is 2. The predicted molar refractivity (Wildman–Crippen MR) is 80.8 cm³/mol. The van der Waals surface area contributed by atoms with Gasteiger partial charge >= 0.3 is 12.1 Å². The van der Waals surface area contributed by atoms with E-state index in [-0.39, 0.29) is 24.2 Å². The number of ether oxygens (including phenoxy) is 1. The van der Waals surface area contributed by atoms with E-state index in [4.69, 9.17) is 9.84 Å². The van der Waals surface area contributed by atoms with Crippen molar-refractivity contribution in [2.24, 2.45) is 0 Å². The summed E-state index contributed by atoms with van der Waals surface area (Å²) in [6.45, 7) is 4.96. The third kappa shape index (κ3) is 6.90. The van der Waals surface area contributed by atoms with Gasteiger partial charge in [-0.1, -0.05) is 0 Å². The molecule has 0 saturated heterocycles. The number of Topliss-reactive ketones (excluding diaryl/α,β-unsaturated/α-hetero) is 1. The Kier molecular flexibility index (Phi) is 6.24. The lowest BCUT2D eigenvalue weighted by Crippen LogP contribution is -2.43. The van der Waals surface area contributed by atoms with E-state index in [2.05, 4.69) is 5.32 Å². The minimum atomic E-state index is -1.26. The van der Waals surface area contributed by atoms with Crippen molar-refractivity contribution in [1.82, 2.24) is 5.32 Å². The fourth-order valence-corrected chi connectivity index (χ4v) is 1.76. The number of halogens is 1. The minimum Gasteiger partial charge on any atom is -0.480 e. The van der Waals surface area contributed by atoms with Crippen LogP contribution in [0.25, 0.3) is 0 Å². The number of rotatable bonds is 6. The molecular weight excluding hydrogens is 305 g/mol. The van der Waals surface area contributed by atoms with E-state index in [1.54, 1.807) is 20.8 Å². The van der Waals surface area contributed by atoms with Crippen LogP contribution in [0.15, 0.2) is 24.3 Å². The van der Waals surface area contributed by atoms with Gasteiger partial charge in [0.2, 0.25) is 0 Å². The van der Waals surface area contributed by atoms with Gasteiger partial charge in [0.15, 0.2) is 5.78 Å². The number of amides is 1. The van der Waals surface area contributed by atoms with Crippen molar-refractivity contribution in [2.75, 3.05) is 0 Å². The molecule has 0 aromatic heterocycles. The van der Waals surface area contributed by atoms with E-state index >= 15 is 0 Å². The molecule has 1 atom stereocenters. The van der Waals surface area contributed by atoms with Gasteiger partial charge in [0.1, 0.15) is 17.5 Å². The molecule has 0 spiro atoms. The number of alkyl carbamates (subject to hydrolysis) is 1. The first-order chi connectivity index (χ1) is 10.6. The van der Waals surface area contributed by atoms with E-state index in [9.17, 15) is 18.8 Å². The zero-order valence-corrected chi connectivity index (χ0v) is 13.3. The number of aliphatic carboxylic acids is 1. The summed E-state index contributed by atoms with van der Waals surface area (Å²) in [4.78, 5) is 34.7. The fraction of sp³-hybridized carbons (Fsp3) is 0.438. The van der Waals surface area contributed by atoms with Crippen LogP contribution in [0.4, 0.5) is 9.18 Å². The zero-order chi connectivity index (χ0) is 17.6. The maximum absolute atomic E-state index is 12.8. The molecule has 0 bridgehead atoms. The molecule has 0 aliphatic carbocycles. The maximum atomic E-state index is 12.8. The molecule has 1 aromatic rings. The van der Waals surface area contributed by atoms with Gasteiger partial charge in [0.05, 0.1) is 0 Å². The molecular formula is C16H20FNO5. The zero-order valence-electron chi connectivity index (χ0n) is 13.3. The number of nitrogens with one attached hydrogen (secondary N) is 1. The Balaban J connectivity index is 2.59. The van der Waals surface area contributed by atoms with Gasteiger partial charge in [0.25, 0.3) is 0 Å². The Bertz CT molecular complexity index is 577. The van der Waals surface area contributed by atoms with Gasteiger partial charge in [0, 0.05) is 12.0 Å². The number of ketones is 1. The first-order valence-corrected chi connectivity index (χ1v) is 7.09. The summed E-state index contributed by atoms with van der Waals surface area (Å²) < 4.78 is 17.8. The third-order valence-electron chi connectivity index (χ3n) is 2.82. The first kappa shape index (κ1) is 18.6. The number of carboxylic acids is 1. The molecule has 0 unspecified atom stereocenters. The highest BCUT2D eigenvalue weighted by Gasteiger charge is 2.24. The van der Waals surface area contributed by atoms with E-state index in [1.807, 2.05) is 0 Å². The molecule has 0 aliphatic heterocycles. The molecule has 1 amide bonds. The van der Waals surface area contributed by atoms with Crippen molar-refractivity contribution >= 4 is 17.8 Å². The van der Waals surface area contributed by atoms with Crippen LogP contribution in [0, 0.1) is 5.82 Å². The average Bonchev–Trinajstić information content (AvgIpc) is 2.41. The highest BCUT2D eigenvalue weighted by atomic mass is 19.1. The molecule has 2 N–H and O–H groups in total. The number of carbonyl (C=O) groups excluding carboxylic acids is 2. The highest BCUT2D eigenvalue weighted by molar-refractivity contribution is 5.96. The van der Waals surface area contributed by atoms with E-state index < -0.39 is 29.5 Å². The van der Waals surface area contributed by atoms with Gasteiger partial charge in [-0.2, -0.15) is 0 Å². The average molecular weight is 325 g/mol. The lowest BCUT2D eigenvalue weighted by atomic mass is 10.0. The Morgan fingerprint density at radius 2 is 1.78 bits per heavy atom. The van der Waals surface area contributed by atoms with Crippen LogP contribution in [-0.2, 0) is 9.53 Å². The van der Waals surface area contributed by atoms with Crippen molar-refractivity contribution in [3.05, 3.63) is 35.6 Å². The van der Waals surface area contributed by atoms with Crippen LogP contribution < -0.4 is 5.32 Å². The fourth-order valence-electron chi connectivity index (χ4n) is 1.76. The SMILES string of the molecule is CC(C)(C)OC(=O)N[C@@H](CCC(=O)c1ccc(F)cc1)C(=O)O. The summed E-state index contributed by atoms with van der Waals surface area (Å²) in [7, 11) is 0. The normalized spacial score (nSPS) is 12.3. The molecule has 23 heavy (non-hydrogen) atoms. The predicted octanol–water partition coefficient (Wildman–Crippen LogP) is 2.77. The quantitative estimate of drug-likeness (QED) is 0.785. The van der Waals surface area contributed by atoms with Gasteiger partial charge in [-0.3, -0.25) is 4.79 Å². The molecule has 0 fully saturated rings. The number of carbonyl (C=O) groups is 3. The molecule has 0 heterocycles. The Labute approximate surface area is 133 Å². The Morgan fingerprint density at radius 1 is 1.22 bits per heavy atom. The lowest BCUT2D eigenvalue weighted by molar-refractivity contribution is -0.139. The molecule has 0 saturated carbocycles. The standard InChI is InChI=1S/C16H20FNO5/c1-16(2,3)23-15(22)18-12(14(20)21)8-9-13(19)10-4-6-11(17)7-5-10/h4-7,12H,8-9H2,1-3H3,(H,18,22)(H,20,21)/t12-/m0/s1. The molecule has 0 aliphatic rings. The van der Waals surface area contributed by atoms with Crippen molar-refractivity contribution in [3.8, 4) is 0 Å². The summed E-state index contributed by atoms with van der Waals surface area (Å²) in [5.41, 5.74) is -0.468. The summed E-state index contributed by atoms with van der Waals surface area (Å²) in [6, 6.07) is 3.72. The highest BCUT2D eigenvalue weighted by Crippen LogP contribution is 2.11. The second-order valence-electron chi connectivity index (χ2n) is 6.01. The smallest absolute Gasteiger partial charge is 0.408 e. The molecule has 1 aromatic carbocycles. The lowest BCUT2D eigenvalue weighted by Gasteiger charge is -2.21. The van der Waals surface area contributed by atoms with Gasteiger partial charge in [-0.15, -0.1) is 0 Å². The second-order valence-corrected chi connectivity index (χ2v) is 6.01. The number of carboxylic acid groups (broad SMARTS) is 1. The van der Waals surface area contributed by atoms with Crippen LogP contribution >= 0.6 is 0 Å². The van der Waals surface area contributed by atoms with Gasteiger partial charge in [-0.25, -0.2) is 14.0 Å². The molecule has 7 heteroatoms. The van der Waals surface area contributed by atoms with Crippen LogP contribution in [0.1, 0.15) is 44.0 Å². The molecule has 6 nitrogen and oxygen atoms in total. The molecule has 0 radical (unpaired) electrons. The van der Waals surface area contributed by atoms with Crippen molar-refractivity contribution < 1.29 is 28.6 Å². The minimum absolute atomic E-state index is 0.0925.